The van der Waals surface area contributed by atoms with Gasteiger partial charge in [0.25, 0.3) is 0 Å². The van der Waals surface area contributed by atoms with Crippen LogP contribution in [0.25, 0.3) is 0 Å². The number of benzene rings is 2. The van der Waals surface area contributed by atoms with Crippen LogP contribution in [0.15, 0.2) is 47.4 Å². The lowest BCUT2D eigenvalue weighted by atomic mass is 10.2. The van der Waals surface area contributed by atoms with E-state index in [1.165, 1.54) is 12.7 Å². The largest absolute Gasteiger partial charge is 0.495 e. The highest BCUT2D eigenvalue weighted by molar-refractivity contribution is 7.99. The molecule has 2 rings (SSSR count). The van der Waals surface area contributed by atoms with E-state index in [1.807, 2.05) is 44.2 Å². The minimum absolute atomic E-state index is 0.353. The molecule has 1 amide bonds. The van der Waals surface area contributed by atoms with Crippen LogP contribution in [-0.4, -0.2) is 46.0 Å². The van der Waals surface area contributed by atoms with Gasteiger partial charge in [0.2, 0.25) is 15.9 Å². The molecule has 0 unspecified atom stereocenters. The van der Waals surface area contributed by atoms with E-state index >= 15 is 0 Å². The number of amides is 1. The molecule has 29 heavy (non-hydrogen) atoms. The highest BCUT2D eigenvalue weighted by Gasteiger charge is 2.31. The first-order valence-electron chi connectivity index (χ1n) is 9.24. The molecule has 0 aliphatic carbocycles. The quantitative estimate of drug-likeness (QED) is 0.482. The van der Waals surface area contributed by atoms with Gasteiger partial charge in [-0.1, -0.05) is 23.8 Å². The molecule has 0 fully saturated rings. The van der Waals surface area contributed by atoms with Crippen LogP contribution in [0.4, 0.5) is 5.69 Å². The second kappa shape index (κ2) is 10.0. The van der Waals surface area contributed by atoms with Gasteiger partial charge in [0.1, 0.15) is 11.8 Å². The maximum atomic E-state index is 12.7. The minimum Gasteiger partial charge on any atom is -0.495 e. The van der Waals surface area contributed by atoms with Gasteiger partial charge in [0, 0.05) is 17.2 Å². The molecule has 2 aromatic rings. The summed E-state index contributed by atoms with van der Waals surface area (Å²) in [5.74, 6) is 0.729. The molecule has 6 nitrogen and oxygen atoms in total. The van der Waals surface area contributed by atoms with Gasteiger partial charge in [0.15, 0.2) is 0 Å². The third-order valence-corrected chi connectivity index (χ3v) is 6.59. The van der Waals surface area contributed by atoms with Crippen LogP contribution in [0.5, 0.6) is 5.75 Å². The first-order chi connectivity index (χ1) is 13.6. The van der Waals surface area contributed by atoms with E-state index in [0.717, 1.165) is 21.0 Å². The van der Waals surface area contributed by atoms with E-state index in [9.17, 15) is 13.2 Å². The SMILES string of the molecule is COc1ccc(C)cc1N([C@H](C)C(=O)NCCSc1ccc(C)cc1)S(C)(=O)=O. The summed E-state index contributed by atoms with van der Waals surface area (Å²) in [6.45, 7) is 5.90. The molecule has 0 bridgehead atoms. The topological polar surface area (TPSA) is 75.7 Å². The molecule has 0 saturated heterocycles. The molecule has 8 heteroatoms. The fourth-order valence-corrected chi connectivity index (χ4v) is 4.82. The molecular weight excluding hydrogens is 408 g/mol. The summed E-state index contributed by atoms with van der Waals surface area (Å²) in [7, 11) is -2.23. The zero-order valence-corrected chi connectivity index (χ0v) is 19.1. The van der Waals surface area contributed by atoms with Crippen molar-refractivity contribution in [3.63, 3.8) is 0 Å². The number of ether oxygens (including phenoxy) is 1. The number of sulfonamides is 1. The molecule has 0 aliphatic rings. The van der Waals surface area contributed by atoms with Crippen molar-refractivity contribution in [2.45, 2.75) is 31.7 Å². The Bertz CT molecular complexity index is 944. The second-order valence-electron chi connectivity index (χ2n) is 6.86. The summed E-state index contributed by atoms with van der Waals surface area (Å²) in [6.07, 6.45) is 1.09. The number of nitrogens with zero attached hydrogens (tertiary/aromatic N) is 1. The number of hydrogen-bond donors (Lipinski definition) is 1. The van der Waals surface area contributed by atoms with E-state index in [1.54, 1.807) is 30.8 Å². The van der Waals surface area contributed by atoms with Gasteiger partial charge in [0.05, 0.1) is 19.1 Å². The Labute approximate surface area is 177 Å². The third kappa shape index (κ3) is 6.40. The van der Waals surface area contributed by atoms with Crippen LogP contribution < -0.4 is 14.4 Å². The van der Waals surface area contributed by atoms with Crippen molar-refractivity contribution in [2.75, 3.05) is 30.0 Å². The number of nitrogens with one attached hydrogen (secondary N) is 1. The second-order valence-corrected chi connectivity index (χ2v) is 9.89. The van der Waals surface area contributed by atoms with Crippen molar-refractivity contribution in [3.05, 3.63) is 53.6 Å². The average molecular weight is 437 g/mol. The molecule has 1 atom stereocenters. The highest BCUT2D eigenvalue weighted by atomic mass is 32.2. The first-order valence-corrected chi connectivity index (χ1v) is 12.1. The molecule has 0 heterocycles. The Morgan fingerprint density at radius 1 is 1.14 bits per heavy atom. The van der Waals surface area contributed by atoms with Crippen LogP contribution in [0.1, 0.15) is 18.1 Å². The van der Waals surface area contributed by atoms with Gasteiger partial charge in [-0.3, -0.25) is 9.10 Å². The maximum Gasteiger partial charge on any atom is 0.243 e. The maximum absolute atomic E-state index is 12.7. The number of carbonyl (C=O) groups is 1. The zero-order chi connectivity index (χ0) is 21.6. The summed E-state index contributed by atoms with van der Waals surface area (Å²) in [5, 5.41) is 2.83. The number of rotatable bonds is 9. The van der Waals surface area contributed by atoms with E-state index in [-0.39, 0.29) is 5.91 Å². The lowest BCUT2D eigenvalue weighted by Gasteiger charge is -2.29. The Morgan fingerprint density at radius 2 is 1.76 bits per heavy atom. The summed E-state index contributed by atoms with van der Waals surface area (Å²) >= 11 is 1.63. The van der Waals surface area contributed by atoms with Gasteiger partial charge < -0.3 is 10.1 Å². The normalized spacial score (nSPS) is 12.3. The Hall–Kier alpha value is -2.19. The number of thioether (sulfide) groups is 1. The number of aryl methyl sites for hydroxylation is 2. The van der Waals surface area contributed by atoms with Gasteiger partial charge in [-0.15, -0.1) is 11.8 Å². The van der Waals surface area contributed by atoms with Crippen molar-refractivity contribution >= 4 is 33.4 Å². The van der Waals surface area contributed by atoms with Crippen molar-refractivity contribution in [2.24, 2.45) is 0 Å². The molecular formula is C21H28N2O4S2. The van der Waals surface area contributed by atoms with Crippen molar-refractivity contribution in [1.29, 1.82) is 0 Å². The van der Waals surface area contributed by atoms with Crippen molar-refractivity contribution < 1.29 is 17.9 Å². The fourth-order valence-electron chi connectivity index (χ4n) is 2.88. The van der Waals surface area contributed by atoms with Crippen LogP contribution in [0, 0.1) is 13.8 Å². The van der Waals surface area contributed by atoms with E-state index in [0.29, 0.717) is 23.7 Å². The van der Waals surface area contributed by atoms with Gasteiger partial charge >= 0.3 is 0 Å². The molecule has 158 valence electrons. The van der Waals surface area contributed by atoms with Crippen LogP contribution in [0.3, 0.4) is 0 Å². The summed E-state index contributed by atoms with van der Waals surface area (Å²) in [5.41, 5.74) is 2.42. The molecule has 1 N–H and O–H groups in total. The lowest BCUT2D eigenvalue weighted by molar-refractivity contribution is -0.121. The van der Waals surface area contributed by atoms with Crippen molar-refractivity contribution in [1.82, 2.24) is 5.32 Å². The number of anilines is 1. The molecule has 0 spiro atoms. The standard InChI is InChI=1S/C21H28N2O4S2/c1-15-6-9-18(10-7-15)28-13-12-22-21(24)17(3)23(29(5,25)26)19-14-16(2)8-11-20(19)27-4/h6-11,14,17H,12-13H2,1-5H3,(H,22,24)/t17-/m1/s1. The molecule has 0 saturated carbocycles. The number of carbonyl (C=O) groups excluding carboxylic acids is 1. The Morgan fingerprint density at radius 3 is 2.34 bits per heavy atom. The van der Waals surface area contributed by atoms with E-state index in [4.69, 9.17) is 4.74 Å². The van der Waals surface area contributed by atoms with Gasteiger partial charge in [-0.25, -0.2) is 8.42 Å². The van der Waals surface area contributed by atoms with E-state index in [2.05, 4.69) is 5.32 Å². The average Bonchev–Trinajstić information content (AvgIpc) is 2.65. The fraction of sp³-hybridized carbons (Fsp3) is 0.381. The summed E-state index contributed by atoms with van der Waals surface area (Å²) in [4.78, 5) is 13.8. The monoisotopic (exact) mass is 436 g/mol. The van der Waals surface area contributed by atoms with E-state index < -0.39 is 16.1 Å². The molecule has 2 aromatic carbocycles. The highest BCUT2D eigenvalue weighted by Crippen LogP contribution is 2.32. The smallest absolute Gasteiger partial charge is 0.243 e. The van der Waals surface area contributed by atoms with Crippen molar-refractivity contribution in [3.8, 4) is 5.75 Å². The predicted octanol–water partition coefficient (Wildman–Crippen LogP) is 3.38. The van der Waals surface area contributed by atoms with Crippen LogP contribution in [-0.2, 0) is 14.8 Å². The zero-order valence-electron chi connectivity index (χ0n) is 17.4. The Balaban J connectivity index is 2.07. The number of hydrogen-bond acceptors (Lipinski definition) is 5. The predicted molar refractivity (Wildman–Crippen MR) is 119 cm³/mol. The molecule has 0 aliphatic heterocycles. The first kappa shape index (κ1) is 23.1. The molecule has 0 aromatic heterocycles. The van der Waals surface area contributed by atoms with Crippen LogP contribution >= 0.6 is 11.8 Å². The van der Waals surface area contributed by atoms with Gasteiger partial charge in [-0.2, -0.15) is 0 Å². The third-order valence-electron chi connectivity index (χ3n) is 4.35. The molecule has 0 radical (unpaired) electrons. The minimum atomic E-state index is -3.70. The van der Waals surface area contributed by atoms with Gasteiger partial charge in [-0.05, 0) is 50.6 Å². The summed E-state index contributed by atoms with van der Waals surface area (Å²) < 4.78 is 31.4. The Kier molecular flexibility index (Phi) is 7.98. The lowest BCUT2D eigenvalue weighted by Crippen LogP contribution is -2.48. The van der Waals surface area contributed by atoms with Crippen LogP contribution in [0.2, 0.25) is 0 Å². The summed E-state index contributed by atoms with van der Waals surface area (Å²) in [6, 6.07) is 12.5. The number of methoxy groups -OCH3 is 1.